The van der Waals surface area contributed by atoms with Crippen LogP contribution in [0.1, 0.15) is 0 Å². The van der Waals surface area contributed by atoms with E-state index in [1.54, 1.807) is 0 Å². The number of benzene rings is 11. The molecule has 0 aliphatic rings. The van der Waals surface area contributed by atoms with E-state index in [4.69, 9.17) is 9.97 Å². The molecule has 0 saturated heterocycles. The van der Waals surface area contributed by atoms with Crippen LogP contribution in [0.5, 0.6) is 0 Å². The highest BCUT2D eigenvalue weighted by molar-refractivity contribution is 6.15. The average molecular weight is 878 g/mol. The van der Waals surface area contributed by atoms with Crippen LogP contribution in [0.2, 0.25) is 0 Å². The van der Waals surface area contributed by atoms with E-state index < -0.39 is 0 Å². The zero-order valence-electron chi connectivity index (χ0n) is 37.3. The van der Waals surface area contributed by atoms with Gasteiger partial charge in [-0.2, -0.15) is 0 Å². The van der Waals surface area contributed by atoms with Gasteiger partial charge in [-0.05, 0) is 106 Å². The Morgan fingerprint density at radius 3 is 1.48 bits per heavy atom. The summed E-state index contributed by atoms with van der Waals surface area (Å²) in [6.45, 7) is 0. The molecule has 0 atom stereocenters. The van der Waals surface area contributed by atoms with Gasteiger partial charge in [-0.25, -0.2) is 9.97 Å². The molecule has 0 amide bonds. The lowest BCUT2D eigenvalue weighted by atomic mass is 10.0. The first-order chi connectivity index (χ1) is 34.2. The second-order valence-electron chi connectivity index (χ2n) is 18.2. The van der Waals surface area contributed by atoms with Gasteiger partial charge in [-0.3, -0.25) is 0 Å². The summed E-state index contributed by atoms with van der Waals surface area (Å²) in [6.07, 6.45) is 0. The largest absolute Gasteiger partial charge is 0.309 e. The van der Waals surface area contributed by atoms with Gasteiger partial charge in [0.15, 0.2) is 5.82 Å². The molecule has 0 bridgehead atoms. The molecule has 320 valence electrons. The first-order valence-electron chi connectivity index (χ1n) is 23.6. The molecule has 0 saturated carbocycles. The molecule has 0 aliphatic carbocycles. The summed E-state index contributed by atoms with van der Waals surface area (Å²) in [5, 5.41) is 13.1. The van der Waals surface area contributed by atoms with Crippen LogP contribution >= 0.6 is 0 Å². The molecular weight excluding hydrogens is 839 g/mol. The monoisotopic (exact) mass is 877 g/mol. The molecule has 4 aromatic heterocycles. The fourth-order valence-corrected chi connectivity index (χ4v) is 11.3. The van der Waals surface area contributed by atoms with Crippen molar-refractivity contribution in [2.24, 2.45) is 0 Å². The van der Waals surface area contributed by atoms with E-state index in [1.807, 2.05) is 0 Å². The van der Waals surface area contributed by atoms with Crippen LogP contribution in [0.25, 0.3) is 138 Å². The molecule has 0 fully saturated rings. The van der Waals surface area contributed by atoms with Crippen molar-refractivity contribution >= 4 is 97.9 Å². The number of hydrogen-bond acceptors (Lipinski definition) is 2. The molecule has 0 unspecified atom stereocenters. The van der Waals surface area contributed by atoms with Gasteiger partial charge < -0.3 is 13.7 Å². The maximum absolute atomic E-state index is 5.46. The van der Waals surface area contributed by atoms with Crippen LogP contribution in [0.15, 0.2) is 237 Å². The second kappa shape index (κ2) is 14.6. The van der Waals surface area contributed by atoms with Crippen LogP contribution in [-0.4, -0.2) is 23.7 Å². The van der Waals surface area contributed by atoms with Gasteiger partial charge in [0.25, 0.3) is 0 Å². The normalized spacial score (nSPS) is 12.1. The van der Waals surface area contributed by atoms with Gasteiger partial charge in [0, 0.05) is 65.9 Å². The summed E-state index contributed by atoms with van der Waals surface area (Å²) in [5.74, 6) is 0.703. The molecule has 5 nitrogen and oxygen atoms in total. The zero-order valence-corrected chi connectivity index (χ0v) is 37.3. The molecule has 0 N–H and O–H groups in total. The first kappa shape index (κ1) is 37.9. The van der Waals surface area contributed by atoms with Crippen molar-refractivity contribution in [1.29, 1.82) is 0 Å². The maximum atomic E-state index is 5.46. The van der Waals surface area contributed by atoms with Crippen molar-refractivity contribution in [3.8, 4) is 39.7 Å². The van der Waals surface area contributed by atoms with Crippen molar-refractivity contribution in [2.75, 3.05) is 0 Å². The number of hydrogen-bond donors (Lipinski definition) is 0. The predicted octanol–water partition coefficient (Wildman–Crippen LogP) is 16.6. The number of fused-ring (bicyclic) bond motifs is 12. The van der Waals surface area contributed by atoms with Gasteiger partial charge in [0.05, 0.1) is 44.3 Å². The third kappa shape index (κ3) is 5.65. The minimum atomic E-state index is 0.703. The third-order valence-corrected chi connectivity index (χ3v) is 14.4. The summed E-state index contributed by atoms with van der Waals surface area (Å²) in [5.41, 5.74) is 14.4. The smallest absolute Gasteiger partial charge is 0.161 e. The van der Waals surface area contributed by atoms with Crippen molar-refractivity contribution in [3.05, 3.63) is 237 Å². The summed E-state index contributed by atoms with van der Waals surface area (Å²) in [4.78, 5) is 10.7. The summed E-state index contributed by atoms with van der Waals surface area (Å²) in [7, 11) is 0. The fourth-order valence-electron chi connectivity index (χ4n) is 11.3. The lowest BCUT2D eigenvalue weighted by Crippen LogP contribution is -1.98. The van der Waals surface area contributed by atoms with Crippen molar-refractivity contribution in [3.63, 3.8) is 0 Å². The number of rotatable bonds is 5. The molecule has 15 aromatic rings. The maximum Gasteiger partial charge on any atom is 0.161 e. The van der Waals surface area contributed by atoms with E-state index in [1.165, 1.54) is 70.7 Å². The Morgan fingerprint density at radius 2 is 0.783 bits per heavy atom. The van der Waals surface area contributed by atoms with Crippen molar-refractivity contribution < 1.29 is 0 Å². The minimum absolute atomic E-state index is 0.703. The highest BCUT2D eigenvalue weighted by Crippen LogP contribution is 2.41. The van der Waals surface area contributed by atoms with E-state index in [0.717, 1.165) is 61.1 Å². The van der Waals surface area contributed by atoms with Gasteiger partial charge >= 0.3 is 0 Å². The Balaban J connectivity index is 0.872. The molecular formula is C64H39N5. The molecule has 5 heteroatoms. The Labute approximate surface area is 396 Å². The van der Waals surface area contributed by atoms with E-state index in [9.17, 15) is 0 Å². The first-order valence-corrected chi connectivity index (χ1v) is 23.6. The highest BCUT2D eigenvalue weighted by atomic mass is 15.0. The van der Waals surface area contributed by atoms with Gasteiger partial charge in [-0.15, -0.1) is 0 Å². The van der Waals surface area contributed by atoms with Crippen LogP contribution in [0.4, 0.5) is 0 Å². The molecule has 4 heterocycles. The Morgan fingerprint density at radius 1 is 0.261 bits per heavy atom. The molecule has 0 radical (unpaired) electrons. The van der Waals surface area contributed by atoms with Gasteiger partial charge in [0.1, 0.15) is 0 Å². The summed E-state index contributed by atoms with van der Waals surface area (Å²) < 4.78 is 7.19. The minimum Gasteiger partial charge on any atom is -0.309 e. The molecule has 11 aromatic carbocycles. The molecule has 69 heavy (non-hydrogen) atoms. The summed E-state index contributed by atoms with van der Waals surface area (Å²) >= 11 is 0. The van der Waals surface area contributed by atoms with E-state index >= 15 is 0 Å². The van der Waals surface area contributed by atoms with E-state index in [-0.39, 0.29) is 0 Å². The zero-order chi connectivity index (χ0) is 45.2. The van der Waals surface area contributed by atoms with Crippen LogP contribution in [-0.2, 0) is 0 Å². The van der Waals surface area contributed by atoms with Crippen LogP contribution < -0.4 is 0 Å². The van der Waals surface area contributed by atoms with Gasteiger partial charge in [0.2, 0.25) is 0 Å². The SMILES string of the molecule is c1ccc(-n2c3ccccc3c3ccc(-c4nc(-c5cccc6cc(-n7c8ccccc8c8cc9cc(-n%10c%11ccccc%11c%11ccccc%11%10)ccc9cc87)ccc56)nc5ccccc45)cc32)cc1. The number of nitrogens with zero attached hydrogens (tertiary/aromatic N) is 5. The quantitative estimate of drug-likeness (QED) is 0.173. The van der Waals surface area contributed by atoms with Gasteiger partial charge in [-0.1, -0.05) is 152 Å². The van der Waals surface area contributed by atoms with Crippen LogP contribution in [0.3, 0.4) is 0 Å². The Hall–Kier alpha value is -9.32. The number of para-hydroxylation sites is 6. The van der Waals surface area contributed by atoms with Crippen LogP contribution in [0, 0.1) is 0 Å². The predicted molar refractivity (Wildman–Crippen MR) is 288 cm³/mol. The Bertz CT molecular complexity index is 4560. The van der Waals surface area contributed by atoms with E-state index in [0.29, 0.717) is 5.82 Å². The van der Waals surface area contributed by atoms with Crippen molar-refractivity contribution in [1.82, 2.24) is 23.7 Å². The average Bonchev–Trinajstić information content (AvgIpc) is 4.05. The second-order valence-corrected chi connectivity index (χ2v) is 18.2. The fraction of sp³-hybridized carbons (Fsp3) is 0. The standard InChI is InChI=1S/C64H39N5/c1-2-16-44(17-3-1)67-57-25-10-7-20-50(57)52-33-30-42(39-61(52)67)63-54-22-4-9-24-56(54)65-64(66-63)53-23-14-15-41-35-46(32-34-47(41)53)69-60-28-13-8-21-51(60)55-37-43-36-45(31-29-40(43)38-62(55)69)68-58-26-11-5-18-48(58)49-19-6-12-27-59(49)68/h1-39H. The summed E-state index contributed by atoms with van der Waals surface area (Å²) in [6, 6.07) is 85.6. The lowest BCUT2D eigenvalue weighted by molar-refractivity contribution is 1.18. The number of aromatic nitrogens is 5. The molecule has 0 spiro atoms. The molecule has 15 rings (SSSR count). The Kier molecular flexibility index (Phi) is 8.00. The molecule has 0 aliphatic heterocycles. The topological polar surface area (TPSA) is 40.6 Å². The van der Waals surface area contributed by atoms with Crippen molar-refractivity contribution in [2.45, 2.75) is 0 Å². The van der Waals surface area contributed by atoms with E-state index in [2.05, 4.69) is 250 Å². The third-order valence-electron chi connectivity index (χ3n) is 14.4. The lowest BCUT2D eigenvalue weighted by Gasteiger charge is -2.14. The highest BCUT2D eigenvalue weighted by Gasteiger charge is 2.20.